The second-order valence-corrected chi connectivity index (χ2v) is 6.94. The van der Waals surface area contributed by atoms with Crippen LogP contribution in [0, 0.1) is 5.92 Å². The van der Waals surface area contributed by atoms with Crippen LogP contribution in [0.15, 0.2) is 28.6 Å². The summed E-state index contributed by atoms with van der Waals surface area (Å²) in [7, 11) is 0. The molecule has 2 fully saturated rings. The van der Waals surface area contributed by atoms with Crippen molar-refractivity contribution in [3.8, 4) is 11.4 Å². The van der Waals surface area contributed by atoms with E-state index >= 15 is 0 Å². The molecule has 4 rings (SSSR count). The number of rotatable bonds is 3. The summed E-state index contributed by atoms with van der Waals surface area (Å²) >= 11 is 1.49. The van der Waals surface area contributed by atoms with Crippen molar-refractivity contribution in [3.63, 3.8) is 0 Å². The molecule has 0 aliphatic carbocycles. The molecule has 23 heavy (non-hydrogen) atoms. The van der Waals surface area contributed by atoms with Gasteiger partial charge in [-0.25, -0.2) is 15.0 Å². The molecule has 4 heterocycles. The number of hydrogen-bond donors (Lipinski definition) is 0. The lowest BCUT2D eigenvalue weighted by molar-refractivity contribution is -0.0358. The van der Waals surface area contributed by atoms with Crippen LogP contribution in [0.2, 0.25) is 0 Å². The Morgan fingerprint density at radius 3 is 3.09 bits per heavy atom. The lowest BCUT2D eigenvalue weighted by Crippen LogP contribution is -2.46. The van der Waals surface area contributed by atoms with Crippen molar-refractivity contribution >= 4 is 29.0 Å². The number of piperidine rings is 1. The third-order valence-electron chi connectivity index (χ3n) is 4.66. The van der Waals surface area contributed by atoms with Gasteiger partial charge in [-0.1, -0.05) is 6.07 Å². The summed E-state index contributed by atoms with van der Waals surface area (Å²) in [6, 6.07) is 6.15. The van der Waals surface area contributed by atoms with Gasteiger partial charge in [0.15, 0.2) is 0 Å². The Morgan fingerprint density at radius 2 is 2.22 bits per heavy atom. The molecule has 2 aromatic heterocycles. The zero-order valence-corrected chi connectivity index (χ0v) is 13.8. The number of aliphatic imine (C=N–C) groups is 1. The normalized spacial score (nSPS) is 24.3. The summed E-state index contributed by atoms with van der Waals surface area (Å²) in [5.74, 6) is 1.67. The minimum atomic E-state index is 0.447. The molecule has 2 aliphatic heterocycles. The molecule has 0 amide bonds. The first-order valence-corrected chi connectivity index (χ1v) is 8.97. The van der Waals surface area contributed by atoms with Crippen molar-refractivity contribution in [1.82, 2.24) is 9.97 Å². The van der Waals surface area contributed by atoms with Gasteiger partial charge < -0.3 is 9.64 Å². The van der Waals surface area contributed by atoms with Crippen LogP contribution >= 0.6 is 11.3 Å². The quantitative estimate of drug-likeness (QED) is 0.809. The fourth-order valence-electron chi connectivity index (χ4n) is 3.49. The smallest absolute Gasteiger partial charge is 0.209 e. The van der Waals surface area contributed by atoms with E-state index in [1.54, 1.807) is 0 Å². The van der Waals surface area contributed by atoms with E-state index in [0.717, 1.165) is 43.3 Å². The van der Waals surface area contributed by atoms with E-state index in [2.05, 4.69) is 33.7 Å². The van der Waals surface area contributed by atoms with Crippen molar-refractivity contribution in [1.29, 1.82) is 0 Å². The lowest BCUT2D eigenvalue weighted by Gasteiger charge is -2.41. The fraction of sp³-hybridized carbons (Fsp3) is 0.471. The molecule has 2 aliphatic rings. The van der Waals surface area contributed by atoms with Crippen LogP contribution in [-0.2, 0) is 4.74 Å². The molecule has 0 bridgehead atoms. The highest BCUT2D eigenvalue weighted by atomic mass is 32.1. The van der Waals surface area contributed by atoms with E-state index in [9.17, 15) is 0 Å². The molecule has 1 unspecified atom stereocenters. The number of aromatic nitrogens is 2. The topological polar surface area (TPSA) is 50.6 Å². The van der Waals surface area contributed by atoms with Gasteiger partial charge in [-0.05, 0) is 38.1 Å². The van der Waals surface area contributed by atoms with Gasteiger partial charge in [0.2, 0.25) is 5.13 Å². The van der Waals surface area contributed by atoms with Gasteiger partial charge in [-0.2, -0.15) is 0 Å². The molecule has 120 valence electrons. The van der Waals surface area contributed by atoms with Crippen molar-refractivity contribution < 1.29 is 4.74 Å². The highest BCUT2D eigenvalue weighted by molar-refractivity contribution is 7.13. The summed E-state index contributed by atoms with van der Waals surface area (Å²) in [6.45, 7) is 6.50. The predicted octanol–water partition coefficient (Wildman–Crippen LogP) is 3.54. The van der Waals surface area contributed by atoms with E-state index < -0.39 is 0 Å². The van der Waals surface area contributed by atoms with E-state index in [1.165, 1.54) is 24.2 Å². The first-order valence-electron chi connectivity index (χ1n) is 8.10. The van der Waals surface area contributed by atoms with Gasteiger partial charge in [-0.3, -0.25) is 0 Å². The number of nitrogens with zero attached hydrogens (tertiary/aromatic N) is 4. The van der Waals surface area contributed by atoms with Gasteiger partial charge >= 0.3 is 0 Å². The monoisotopic (exact) mass is 328 g/mol. The number of anilines is 1. The van der Waals surface area contributed by atoms with Crippen LogP contribution in [0.1, 0.15) is 19.3 Å². The molecular formula is C17H20N4OS. The Labute approximate surface area is 140 Å². The number of thiazole rings is 1. The molecule has 0 spiro atoms. The second-order valence-electron chi connectivity index (χ2n) is 6.10. The van der Waals surface area contributed by atoms with Crippen molar-refractivity contribution in [2.75, 3.05) is 24.6 Å². The van der Waals surface area contributed by atoms with Gasteiger partial charge in [0.05, 0.1) is 11.8 Å². The average Bonchev–Trinajstić information content (AvgIpc) is 3.11. The molecule has 0 saturated carbocycles. The van der Waals surface area contributed by atoms with E-state index in [0.29, 0.717) is 17.2 Å². The molecular weight excluding hydrogens is 308 g/mol. The van der Waals surface area contributed by atoms with Crippen molar-refractivity contribution in [2.45, 2.75) is 25.4 Å². The molecule has 5 nitrogen and oxygen atoms in total. The van der Waals surface area contributed by atoms with Gasteiger partial charge in [-0.15, -0.1) is 11.3 Å². The minimum Gasteiger partial charge on any atom is -0.378 e. The van der Waals surface area contributed by atoms with Crippen molar-refractivity contribution in [2.24, 2.45) is 10.9 Å². The predicted molar refractivity (Wildman–Crippen MR) is 93.8 cm³/mol. The SMILES string of the molecule is C=Nc1nc(-c2cccc(N3CC[C@H]4OCCCC4C3)n2)cs1. The summed E-state index contributed by atoms with van der Waals surface area (Å²) in [5, 5.41) is 2.67. The van der Waals surface area contributed by atoms with Gasteiger partial charge in [0, 0.05) is 31.0 Å². The third kappa shape index (κ3) is 3.01. The van der Waals surface area contributed by atoms with Gasteiger partial charge in [0.25, 0.3) is 0 Å². The lowest BCUT2D eigenvalue weighted by atomic mass is 9.88. The number of hydrogen-bond acceptors (Lipinski definition) is 6. The molecule has 0 N–H and O–H groups in total. The largest absolute Gasteiger partial charge is 0.378 e. The van der Waals surface area contributed by atoms with Crippen LogP contribution < -0.4 is 4.90 Å². The number of fused-ring (bicyclic) bond motifs is 1. The molecule has 6 heteroatoms. The van der Waals surface area contributed by atoms with Crippen molar-refractivity contribution in [3.05, 3.63) is 23.6 Å². The average molecular weight is 328 g/mol. The summed E-state index contributed by atoms with van der Waals surface area (Å²) in [5.41, 5.74) is 1.77. The Hall–Kier alpha value is -1.79. The van der Waals surface area contributed by atoms with Crippen LogP contribution in [0.3, 0.4) is 0 Å². The highest BCUT2D eigenvalue weighted by Crippen LogP contribution is 2.31. The minimum absolute atomic E-state index is 0.447. The first-order chi connectivity index (χ1) is 11.3. The van der Waals surface area contributed by atoms with Gasteiger partial charge in [0.1, 0.15) is 11.5 Å². The Morgan fingerprint density at radius 1 is 1.26 bits per heavy atom. The van der Waals surface area contributed by atoms with Crippen LogP contribution in [0.25, 0.3) is 11.4 Å². The maximum atomic E-state index is 5.90. The summed E-state index contributed by atoms with van der Waals surface area (Å²) < 4.78 is 5.90. The van der Waals surface area contributed by atoms with Crippen LogP contribution in [0.4, 0.5) is 10.9 Å². The van der Waals surface area contributed by atoms with Crippen LogP contribution in [0.5, 0.6) is 0 Å². The number of pyridine rings is 1. The molecule has 2 saturated heterocycles. The van der Waals surface area contributed by atoms with E-state index in [1.807, 2.05) is 11.4 Å². The van der Waals surface area contributed by atoms with Crippen LogP contribution in [-0.4, -0.2) is 42.5 Å². The second kappa shape index (κ2) is 6.37. The zero-order chi connectivity index (χ0) is 15.6. The molecule has 2 aromatic rings. The van der Waals surface area contributed by atoms with E-state index in [4.69, 9.17) is 9.72 Å². The highest BCUT2D eigenvalue weighted by Gasteiger charge is 2.32. The maximum Gasteiger partial charge on any atom is 0.209 e. The summed E-state index contributed by atoms with van der Waals surface area (Å²) in [6.07, 6.45) is 3.99. The fourth-order valence-corrected chi connectivity index (χ4v) is 4.11. The Balaban J connectivity index is 1.55. The standard InChI is InChI=1S/C17H20N4OS/c1-18-17-20-14(11-23-17)13-5-2-6-16(19-13)21-8-7-15-12(10-21)4-3-9-22-15/h2,5-6,11-12,15H,1,3-4,7-10H2/t12?,15-/m1/s1. The maximum absolute atomic E-state index is 5.90. The zero-order valence-electron chi connectivity index (χ0n) is 13.0. The summed E-state index contributed by atoms with van der Waals surface area (Å²) in [4.78, 5) is 15.5. The molecule has 0 radical (unpaired) electrons. The first kappa shape index (κ1) is 14.8. The molecule has 0 aromatic carbocycles. The Kier molecular flexibility index (Phi) is 4.10. The van der Waals surface area contributed by atoms with E-state index in [-0.39, 0.29) is 0 Å². The Bertz CT molecular complexity index is 701. The third-order valence-corrected chi connectivity index (χ3v) is 5.44. The number of ether oxygens (including phenoxy) is 1. The molecule has 2 atom stereocenters.